The van der Waals surface area contributed by atoms with Crippen LogP contribution in [0.3, 0.4) is 0 Å². The molecule has 0 bridgehead atoms. The van der Waals surface area contributed by atoms with Crippen LogP contribution in [0.4, 0.5) is 10.1 Å². The molecule has 0 aromatic heterocycles. The third-order valence-electron chi connectivity index (χ3n) is 2.75. The van der Waals surface area contributed by atoms with Crippen LogP contribution in [0.5, 0.6) is 5.75 Å². The van der Waals surface area contributed by atoms with Gasteiger partial charge in [0.05, 0.1) is 17.7 Å². The van der Waals surface area contributed by atoms with Crippen molar-refractivity contribution in [1.82, 2.24) is 0 Å². The van der Waals surface area contributed by atoms with Crippen molar-refractivity contribution >= 4 is 15.7 Å². The highest BCUT2D eigenvalue weighted by atomic mass is 32.2. The van der Waals surface area contributed by atoms with Gasteiger partial charge in [-0.05, 0) is 31.2 Å². The van der Waals surface area contributed by atoms with Crippen molar-refractivity contribution in [3.05, 3.63) is 53.8 Å². The number of nitrogens with one attached hydrogen (secondary N) is 1. The molecule has 0 amide bonds. The second-order valence-electron chi connectivity index (χ2n) is 4.26. The standard InChI is InChI=1S/C14H14FNO3S/c1-10-3-6-12(7-4-10)20(17,18)16-14-8-5-11(19-2)9-13(14)15/h3-9,16H,1-2H3. The summed E-state index contributed by atoms with van der Waals surface area (Å²) in [6, 6.07) is 10.2. The van der Waals surface area contributed by atoms with E-state index in [1.54, 1.807) is 12.1 Å². The molecule has 6 heteroatoms. The molecule has 0 aliphatic carbocycles. The fraction of sp³-hybridized carbons (Fsp3) is 0.143. The summed E-state index contributed by atoms with van der Waals surface area (Å²) in [5, 5.41) is 0. The number of benzene rings is 2. The lowest BCUT2D eigenvalue weighted by atomic mass is 10.2. The first kappa shape index (κ1) is 14.3. The average molecular weight is 295 g/mol. The first-order valence-electron chi connectivity index (χ1n) is 5.85. The summed E-state index contributed by atoms with van der Waals surface area (Å²) in [5.41, 5.74) is 0.825. The molecule has 2 rings (SSSR count). The Labute approximate surface area is 117 Å². The Bertz CT molecular complexity index is 712. The van der Waals surface area contributed by atoms with E-state index in [4.69, 9.17) is 4.74 Å². The lowest BCUT2D eigenvalue weighted by Gasteiger charge is -2.10. The highest BCUT2D eigenvalue weighted by Gasteiger charge is 2.16. The van der Waals surface area contributed by atoms with Crippen LogP contribution in [-0.2, 0) is 10.0 Å². The van der Waals surface area contributed by atoms with Crippen LogP contribution >= 0.6 is 0 Å². The fourth-order valence-electron chi connectivity index (χ4n) is 1.63. The number of anilines is 1. The second-order valence-corrected chi connectivity index (χ2v) is 5.95. The molecule has 0 heterocycles. The maximum absolute atomic E-state index is 13.7. The van der Waals surface area contributed by atoms with Gasteiger partial charge in [0.25, 0.3) is 10.0 Å². The number of hydrogen-bond donors (Lipinski definition) is 1. The van der Waals surface area contributed by atoms with Gasteiger partial charge in [0.15, 0.2) is 5.82 Å². The van der Waals surface area contributed by atoms with Crippen molar-refractivity contribution in [3.8, 4) is 5.75 Å². The van der Waals surface area contributed by atoms with Gasteiger partial charge < -0.3 is 4.74 Å². The van der Waals surface area contributed by atoms with E-state index in [1.165, 1.54) is 31.4 Å². The summed E-state index contributed by atoms with van der Waals surface area (Å²) in [6.07, 6.45) is 0. The molecular weight excluding hydrogens is 281 g/mol. The molecular formula is C14H14FNO3S. The normalized spacial score (nSPS) is 11.2. The number of hydrogen-bond acceptors (Lipinski definition) is 3. The molecule has 4 nitrogen and oxygen atoms in total. The van der Waals surface area contributed by atoms with E-state index in [0.29, 0.717) is 5.75 Å². The molecule has 0 spiro atoms. The number of ether oxygens (including phenoxy) is 1. The van der Waals surface area contributed by atoms with Gasteiger partial charge >= 0.3 is 0 Å². The van der Waals surface area contributed by atoms with Crippen LogP contribution < -0.4 is 9.46 Å². The topological polar surface area (TPSA) is 55.4 Å². The van der Waals surface area contributed by atoms with Crippen molar-refractivity contribution < 1.29 is 17.5 Å². The fourth-order valence-corrected chi connectivity index (χ4v) is 2.69. The van der Waals surface area contributed by atoms with Crippen LogP contribution in [0.2, 0.25) is 0 Å². The minimum Gasteiger partial charge on any atom is -0.497 e. The van der Waals surface area contributed by atoms with Gasteiger partial charge in [0, 0.05) is 6.07 Å². The van der Waals surface area contributed by atoms with Crippen molar-refractivity contribution in [1.29, 1.82) is 0 Å². The molecule has 2 aromatic rings. The van der Waals surface area contributed by atoms with Gasteiger partial charge in [0.1, 0.15) is 5.75 Å². The summed E-state index contributed by atoms with van der Waals surface area (Å²) in [4.78, 5) is 0.0818. The van der Waals surface area contributed by atoms with Gasteiger partial charge in [0.2, 0.25) is 0 Å². The molecule has 0 saturated carbocycles. The van der Waals surface area contributed by atoms with E-state index in [-0.39, 0.29) is 10.6 Å². The summed E-state index contributed by atoms with van der Waals surface area (Å²) in [5.74, 6) is -0.374. The number of aryl methyl sites for hydroxylation is 1. The Morgan fingerprint density at radius 1 is 1.10 bits per heavy atom. The van der Waals surface area contributed by atoms with Crippen LogP contribution in [0.15, 0.2) is 47.4 Å². The monoisotopic (exact) mass is 295 g/mol. The predicted molar refractivity (Wildman–Crippen MR) is 74.9 cm³/mol. The van der Waals surface area contributed by atoms with Crippen LogP contribution in [0.25, 0.3) is 0 Å². The summed E-state index contributed by atoms with van der Waals surface area (Å²) in [7, 11) is -2.40. The third kappa shape index (κ3) is 3.08. The van der Waals surface area contributed by atoms with Crippen molar-refractivity contribution in [3.63, 3.8) is 0 Å². The molecule has 0 radical (unpaired) electrons. The lowest BCUT2D eigenvalue weighted by molar-refractivity contribution is 0.411. The van der Waals surface area contributed by atoms with E-state index in [9.17, 15) is 12.8 Å². The summed E-state index contributed by atoms with van der Waals surface area (Å²) < 4.78 is 45.0. The molecule has 106 valence electrons. The largest absolute Gasteiger partial charge is 0.497 e. The average Bonchev–Trinajstić information content (AvgIpc) is 2.41. The Balaban J connectivity index is 2.31. The summed E-state index contributed by atoms with van der Waals surface area (Å²) >= 11 is 0. The van der Waals surface area contributed by atoms with E-state index >= 15 is 0 Å². The minimum atomic E-state index is -3.80. The molecule has 20 heavy (non-hydrogen) atoms. The lowest BCUT2D eigenvalue weighted by Crippen LogP contribution is -2.14. The van der Waals surface area contributed by atoms with Gasteiger partial charge in [-0.2, -0.15) is 0 Å². The number of halogens is 1. The van der Waals surface area contributed by atoms with E-state index in [2.05, 4.69) is 4.72 Å². The number of sulfonamides is 1. The zero-order valence-electron chi connectivity index (χ0n) is 11.1. The molecule has 0 saturated heterocycles. The second kappa shape index (κ2) is 5.50. The molecule has 0 unspecified atom stereocenters. The summed E-state index contributed by atoms with van der Waals surface area (Å²) in [6.45, 7) is 1.85. The minimum absolute atomic E-state index is 0.0818. The quantitative estimate of drug-likeness (QED) is 0.943. The van der Waals surface area contributed by atoms with Crippen molar-refractivity contribution in [2.45, 2.75) is 11.8 Å². The zero-order chi connectivity index (χ0) is 14.8. The Kier molecular flexibility index (Phi) is 3.94. The van der Waals surface area contributed by atoms with Gasteiger partial charge in [-0.3, -0.25) is 4.72 Å². The Hall–Kier alpha value is -2.08. The maximum atomic E-state index is 13.7. The molecule has 0 aliphatic heterocycles. The van der Waals surface area contributed by atoms with Crippen LogP contribution in [0.1, 0.15) is 5.56 Å². The van der Waals surface area contributed by atoms with Crippen molar-refractivity contribution in [2.24, 2.45) is 0 Å². The van der Waals surface area contributed by atoms with Crippen LogP contribution in [0, 0.1) is 12.7 Å². The molecule has 2 aromatic carbocycles. The van der Waals surface area contributed by atoms with Gasteiger partial charge in [-0.25, -0.2) is 12.8 Å². The highest BCUT2D eigenvalue weighted by molar-refractivity contribution is 7.92. The van der Waals surface area contributed by atoms with E-state index in [0.717, 1.165) is 11.6 Å². The molecule has 0 atom stereocenters. The first-order chi connectivity index (χ1) is 9.42. The highest BCUT2D eigenvalue weighted by Crippen LogP contribution is 2.23. The van der Waals surface area contributed by atoms with E-state index < -0.39 is 15.8 Å². The predicted octanol–water partition coefficient (Wildman–Crippen LogP) is 2.94. The third-order valence-corrected chi connectivity index (χ3v) is 4.13. The molecule has 1 N–H and O–H groups in total. The first-order valence-corrected chi connectivity index (χ1v) is 7.34. The van der Waals surface area contributed by atoms with Gasteiger partial charge in [-0.1, -0.05) is 17.7 Å². The smallest absolute Gasteiger partial charge is 0.261 e. The Morgan fingerprint density at radius 2 is 1.75 bits per heavy atom. The van der Waals surface area contributed by atoms with Crippen molar-refractivity contribution in [2.75, 3.05) is 11.8 Å². The molecule has 0 fully saturated rings. The number of rotatable bonds is 4. The van der Waals surface area contributed by atoms with Gasteiger partial charge in [-0.15, -0.1) is 0 Å². The SMILES string of the molecule is COc1ccc(NS(=O)(=O)c2ccc(C)cc2)c(F)c1. The van der Waals surface area contributed by atoms with E-state index in [1.807, 2.05) is 6.92 Å². The Morgan fingerprint density at radius 3 is 2.30 bits per heavy atom. The number of methoxy groups -OCH3 is 1. The molecule has 0 aliphatic rings. The zero-order valence-corrected chi connectivity index (χ0v) is 11.9. The maximum Gasteiger partial charge on any atom is 0.261 e. The van der Waals surface area contributed by atoms with Crippen LogP contribution in [-0.4, -0.2) is 15.5 Å².